The Labute approximate surface area is 249 Å². The van der Waals surface area contributed by atoms with Gasteiger partial charge in [-0.15, -0.1) is 0 Å². The van der Waals surface area contributed by atoms with Crippen molar-refractivity contribution in [1.82, 2.24) is 24.4 Å². The smallest absolute Gasteiger partial charge is 0.347 e. The molecule has 10 heteroatoms. The first-order chi connectivity index (χ1) is 20.5. The zero-order valence-corrected chi connectivity index (χ0v) is 24.9. The highest BCUT2D eigenvalue weighted by atomic mass is 19.1. The molecule has 1 saturated heterocycles. The van der Waals surface area contributed by atoms with Crippen LogP contribution in [0.3, 0.4) is 0 Å². The van der Waals surface area contributed by atoms with Crippen molar-refractivity contribution in [3.05, 3.63) is 94.7 Å². The second kappa shape index (κ2) is 11.5. The molecule has 0 saturated carbocycles. The molecule has 4 aromatic rings. The van der Waals surface area contributed by atoms with E-state index in [2.05, 4.69) is 28.1 Å². The molecule has 4 heterocycles. The Hall–Kier alpha value is -4.73. The molecule has 0 radical (unpaired) electrons. The van der Waals surface area contributed by atoms with Crippen LogP contribution in [0.1, 0.15) is 50.4 Å². The predicted molar refractivity (Wildman–Crippen MR) is 165 cm³/mol. The molecule has 0 unspecified atom stereocenters. The summed E-state index contributed by atoms with van der Waals surface area (Å²) in [5.74, 6) is -1.46. The number of aryl methyl sites for hydroxylation is 1. The van der Waals surface area contributed by atoms with E-state index in [4.69, 9.17) is 0 Å². The standard InChI is InChI=1S/C33H34F2N6O2/c1-8-22-11-10-12-24(34)27(22)29-25(35)15-23-31(37-29)41(30-19(5)13-14-36-28(30)18(3)4)33(43)38-32(23)40-20(6)16-39(17-21(40)7)26(42)9-2/h8-15,18,20-21H,1-2,16-17H2,3-7H3/t20-,21-/m0/s1. The average Bonchev–Trinajstić information content (AvgIpc) is 2.96. The number of carbonyl (C=O) groups is 1. The summed E-state index contributed by atoms with van der Waals surface area (Å²) in [6.45, 7) is 17.7. The molecule has 5 rings (SSSR count). The van der Waals surface area contributed by atoms with Crippen LogP contribution in [0, 0.1) is 18.6 Å². The molecule has 0 N–H and O–H groups in total. The number of piperazine rings is 1. The Bertz CT molecular complexity index is 1820. The third-order valence-electron chi connectivity index (χ3n) is 7.88. The van der Waals surface area contributed by atoms with Gasteiger partial charge in [0.1, 0.15) is 17.3 Å². The van der Waals surface area contributed by atoms with E-state index >= 15 is 8.78 Å². The zero-order valence-electron chi connectivity index (χ0n) is 24.9. The summed E-state index contributed by atoms with van der Waals surface area (Å²) in [6.07, 6.45) is 4.38. The third kappa shape index (κ3) is 5.11. The molecule has 1 amide bonds. The second-order valence-corrected chi connectivity index (χ2v) is 11.2. The topological polar surface area (TPSA) is 84.2 Å². The summed E-state index contributed by atoms with van der Waals surface area (Å²) in [5, 5.41) is 0.275. The van der Waals surface area contributed by atoms with E-state index in [1.165, 1.54) is 34.9 Å². The summed E-state index contributed by atoms with van der Waals surface area (Å²) < 4.78 is 32.7. The minimum atomic E-state index is -0.776. The number of amides is 1. The number of hydrogen-bond acceptors (Lipinski definition) is 6. The Morgan fingerprint density at radius 1 is 1.07 bits per heavy atom. The SMILES string of the molecule is C=CC(=O)N1C[C@H](C)N(c2nc(=O)n(-c3c(C)ccnc3C(C)C)c3nc(-c4c(F)cccc4C=C)c(F)cc23)[C@@H](C)C1. The van der Waals surface area contributed by atoms with Gasteiger partial charge in [0.15, 0.2) is 11.5 Å². The van der Waals surface area contributed by atoms with Crippen LogP contribution in [-0.4, -0.2) is 55.5 Å². The van der Waals surface area contributed by atoms with E-state index in [9.17, 15) is 9.59 Å². The number of hydrogen-bond donors (Lipinski definition) is 0. The fourth-order valence-electron chi connectivity index (χ4n) is 5.97. The maximum atomic E-state index is 16.1. The number of aromatic nitrogens is 4. The lowest BCUT2D eigenvalue weighted by molar-refractivity contribution is -0.127. The van der Waals surface area contributed by atoms with Gasteiger partial charge in [0.05, 0.1) is 16.8 Å². The van der Waals surface area contributed by atoms with Crippen molar-refractivity contribution in [2.75, 3.05) is 18.0 Å². The van der Waals surface area contributed by atoms with Crippen molar-refractivity contribution in [3.63, 3.8) is 0 Å². The zero-order chi connectivity index (χ0) is 31.2. The van der Waals surface area contributed by atoms with Gasteiger partial charge in [0, 0.05) is 36.9 Å². The average molecular weight is 585 g/mol. The molecule has 1 fully saturated rings. The summed E-state index contributed by atoms with van der Waals surface area (Å²) in [5.41, 5.74) is 1.43. The van der Waals surface area contributed by atoms with Crippen molar-refractivity contribution in [3.8, 4) is 16.9 Å². The monoisotopic (exact) mass is 584 g/mol. The molecule has 222 valence electrons. The predicted octanol–water partition coefficient (Wildman–Crippen LogP) is 5.81. The van der Waals surface area contributed by atoms with Crippen LogP contribution in [0.25, 0.3) is 34.1 Å². The van der Waals surface area contributed by atoms with Gasteiger partial charge >= 0.3 is 5.69 Å². The van der Waals surface area contributed by atoms with Crippen LogP contribution in [0.5, 0.6) is 0 Å². The van der Waals surface area contributed by atoms with E-state index in [1.54, 1.807) is 23.2 Å². The number of rotatable bonds is 6. The van der Waals surface area contributed by atoms with Crippen molar-refractivity contribution >= 4 is 28.8 Å². The number of carbonyl (C=O) groups excluding carboxylic acids is 1. The molecular weight excluding hydrogens is 550 g/mol. The van der Waals surface area contributed by atoms with Gasteiger partial charge in [-0.3, -0.25) is 9.78 Å². The van der Waals surface area contributed by atoms with Crippen LogP contribution in [0.4, 0.5) is 14.6 Å². The number of anilines is 1. The van der Waals surface area contributed by atoms with E-state index in [1.807, 2.05) is 39.5 Å². The molecule has 2 atom stereocenters. The maximum Gasteiger partial charge on any atom is 0.355 e. The molecule has 1 aliphatic rings. The largest absolute Gasteiger partial charge is 0.355 e. The molecular formula is C33H34F2N6O2. The summed E-state index contributed by atoms with van der Waals surface area (Å²) in [4.78, 5) is 43.8. The number of benzene rings is 1. The number of fused-ring (bicyclic) bond motifs is 1. The molecule has 0 bridgehead atoms. The van der Waals surface area contributed by atoms with Gasteiger partial charge in [-0.2, -0.15) is 4.98 Å². The lowest BCUT2D eigenvalue weighted by Gasteiger charge is -2.45. The van der Waals surface area contributed by atoms with Gasteiger partial charge in [-0.05, 0) is 62.1 Å². The molecule has 1 aliphatic heterocycles. The van der Waals surface area contributed by atoms with Gasteiger partial charge in [-0.25, -0.2) is 23.1 Å². The Kier molecular flexibility index (Phi) is 7.96. The van der Waals surface area contributed by atoms with E-state index in [0.717, 1.165) is 5.56 Å². The maximum absolute atomic E-state index is 16.1. The minimum Gasteiger partial charge on any atom is -0.347 e. The minimum absolute atomic E-state index is 0.0560. The first kappa shape index (κ1) is 29.8. The quantitative estimate of drug-likeness (QED) is 0.266. The molecule has 3 aromatic heterocycles. The number of pyridine rings is 2. The van der Waals surface area contributed by atoms with Crippen LogP contribution < -0.4 is 10.6 Å². The van der Waals surface area contributed by atoms with Crippen LogP contribution >= 0.6 is 0 Å². The van der Waals surface area contributed by atoms with Gasteiger partial charge in [-0.1, -0.05) is 45.2 Å². The molecule has 0 spiro atoms. The van der Waals surface area contributed by atoms with E-state index in [0.29, 0.717) is 30.0 Å². The summed E-state index contributed by atoms with van der Waals surface area (Å²) >= 11 is 0. The van der Waals surface area contributed by atoms with Crippen LogP contribution in [0.15, 0.2) is 60.6 Å². The van der Waals surface area contributed by atoms with Crippen molar-refractivity contribution in [2.24, 2.45) is 0 Å². The van der Waals surface area contributed by atoms with Crippen LogP contribution in [-0.2, 0) is 4.79 Å². The number of nitrogens with zero attached hydrogens (tertiary/aromatic N) is 6. The Morgan fingerprint density at radius 2 is 1.77 bits per heavy atom. The van der Waals surface area contributed by atoms with Gasteiger partial charge in [0.25, 0.3) is 0 Å². The third-order valence-corrected chi connectivity index (χ3v) is 7.88. The Balaban J connectivity index is 1.87. The summed E-state index contributed by atoms with van der Waals surface area (Å²) in [6, 6.07) is 6.87. The fourth-order valence-corrected chi connectivity index (χ4v) is 5.97. The summed E-state index contributed by atoms with van der Waals surface area (Å²) in [7, 11) is 0. The highest BCUT2D eigenvalue weighted by Crippen LogP contribution is 2.36. The van der Waals surface area contributed by atoms with Crippen LogP contribution in [0.2, 0.25) is 0 Å². The van der Waals surface area contributed by atoms with Crippen molar-refractivity contribution < 1.29 is 13.6 Å². The van der Waals surface area contributed by atoms with Crippen molar-refractivity contribution in [1.29, 1.82) is 0 Å². The second-order valence-electron chi connectivity index (χ2n) is 11.2. The molecule has 8 nitrogen and oxygen atoms in total. The van der Waals surface area contributed by atoms with E-state index in [-0.39, 0.29) is 52.0 Å². The lowest BCUT2D eigenvalue weighted by Crippen LogP contribution is -2.58. The first-order valence-electron chi connectivity index (χ1n) is 14.2. The first-order valence-corrected chi connectivity index (χ1v) is 14.2. The normalized spacial score (nSPS) is 17.0. The fraction of sp³-hybridized carbons (Fsp3) is 0.303. The molecule has 43 heavy (non-hydrogen) atoms. The van der Waals surface area contributed by atoms with E-state index < -0.39 is 17.3 Å². The van der Waals surface area contributed by atoms with Gasteiger partial charge < -0.3 is 9.80 Å². The highest BCUT2D eigenvalue weighted by molar-refractivity contribution is 5.92. The Morgan fingerprint density at radius 3 is 2.40 bits per heavy atom. The van der Waals surface area contributed by atoms with Crippen molar-refractivity contribution in [2.45, 2.75) is 52.6 Å². The van der Waals surface area contributed by atoms with Gasteiger partial charge in [0.2, 0.25) is 5.91 Å². The number of halogens is 2. The molecule has 1 aromatic carbocycles. The molecule has 0 aliphatic carbocycles. The highest BCUT2D eigenvalue weighted by Gasteiger charge is 2.34. The lowest BCUT2D eigenvalue weighted by atomic mass is 10.0.